The summed E-state index contributed by atoms with van der Waals surface area (Å²) in [4.78, 5) is 11.9. The first-order valence-corrected chi connectivity index (χ1v) is 11.8. The first-order valence-electron chi connectivity index (χ1n) is 8.68. The van der Waals surface area contributed by atoms with Crippen molar-refractivity contribution in [1.29, 1.82) is 0 Å². The number of ether oxygens (including phenoxy) is 1. The van der Waals surface area contributed by atoms with E-state index in [1.165, 1.54) is 37.0 Å². The molecule has 2 heterocycles. The molecule has 29 heavy (non-hydrogen) atoms. The predicted octanol–water partition coefficient (Wildman–Crippen LogP) is 4.70. The summed E-state index contributed by atoms with van der Waals surface area (Å²) in [6.45, 7) is 3.50. The molecule has 0 bridgehead atoms. The lowest BCUT2D eigenvalue weighted by atomic mass is 10.1. The number of carbonyl (C=O) groups excluding carboxylic acids is 1. The fourth-order valence-electron chi connectivity index (χ4n) is 3.09. The van der Waals surface area contributed by atoms with Crippen molar-refractivity contribution in [3.63, 3.8) is 0 Å². The molecule has 0 spiro atoms. The number of halogens is 2. The van der Waals surface area contributed by atoms with E-state index in [0.717, 1.165) is 32.8 Å². The van der Waals surface area contributed by atoms with Crippen LogP contribution in [0.15, 0.2) is 51.3 Å². The fourth-order valence-corrected chi connectivity index (χ4v) is 5.54. The highest BCUT2D eigenvalue weighted by Crippen LogP contribution is 2.37. The summed E-state index contributed by atoms with van der Waals surface area (Å²) in [5.74, 6) is -0.737. The molecule has 0 radical (unpaired) electrons. The van der Waals surface area contributed by atoms with Crippen LogP contribution in [0.3, 0.4) is 0 Å². The molecule has 0 unspecified atom stereocenters. The van der Waals surface area contributed by atoms with Crippen LogP contribution in [0.1, 0.15) is 18.1 Å². The highest BCUT2D eigenvalue weighted by atomic mass is 35.5. The highest BCUT2D eigenvalue weighted by Gasteiger charge is 2.18. The van der Waals surface area contributed by atoms with Gasteiger partial charge in [0.1, 0.15) is 5.82 Å². The van der Waals surface area contributed by atoms with Crippen LogP contribution in [-0.4, -0.2) is 31.7 Å². The zero-order chi connectivity index (χ0) is 21.3. The van der Waals surface area contributed by atoms with Crippen LogP contribution in [0.4, 0.5) is 4.39 Å². The Balaban J connectivity index is 2.03. The second-order valence-electron chi connectivity index (χ2n) is 6.57. The van der Waals surface area contributed by atoms with Crippen LogP contribution >= 0.6 is 23.4 Å². The van der Waals surface area contributed by atoms with Crippen LogP contribution in [0.25, 0.3) is 5.52 Å². The Kier molecular flexibility index (Phi) is 6.26. The predicted molar refractivity (Wildman–Crippen MR) is 111 cm³/mol. The molecule has 0 N–H and O–H groups in total. The maximum Gasteiger partial charge on any atom is 0.302 e. The first kappa shape index (κ1) is 21.7. The number of rotatable bonds is 6. The van der Waals surface area contributed by atoms with Gasteiger partial charge in [-0.25, -0.2) is 12.8 Å². The standard InChI is InChI=1S/C20H19ClFNO4S2/c1-12-16(8-9-27-13(2)24)18-6-4-14(22)11-23(18)20(12)28-15-5-7-19(17(21)10-15)29(3,25)26/h4-7,10-11H,8-9H2,1-3H3. The van der Waals surface area contributed by atoms with Crippen molar-refractivity contribution in [2.45, 2.75) is 35.1 Å². The number of fused-ring (bicyclic) bond motifs is 1. The average molecular weight is 456 g/mol. The Morgan fingerprint density at radius 3 is 2.62 bits per heavy atom. The molecular formula is C20H19ClFNO4S2. The molecule has 3 rings (SSSR count). The largest absolute Gasteiger partial charge is 0.466 e. The third kappa shape index (κ3) is 4.76. The van der Waals surface area contributed by atoms with E-state index < -0.39 is 9.84 Å². The van der Waals surface area contributed by atoms with Gasteiger partial charge in [0, 0.05) is 36.2 Å². The number of nitrogens with zero attached hydrogens (tertiary/aromatic N) is 1. The molecule has 154 valence electrons. The van der Waals surface area contributed by atoms with Gasteiger partial charge >= 0.3 is 5.97 Å². The normalized spacial score (nSPS) is 11.8. The molecule has 0 fully saturated rings. The Morgan fingerprint density at radius 1 is 1.28 bits per heavy atom. The van der Waals surface area contributed by atoms with Crippen LogP contribution in [0.2, 0.25) is 5.02 Å². The van der Waals surface area contributed by atoms with Crippen molar-refractivity contribution >= 4 is 44.7 Å². The number of pyridine rings is 1. The topological polar surface area (TPSA) is 64.9 Å². The number of benzene rings is 1. The van der Waals surface area contributed by atoms with Gasteiger partial charge in [0.2, 0.25) is 0 Å². The third-order valence-corrected chi connectivity index (χ3v) is 7.15. The smallest absolute Gasteiger partial charge is 0.302 e. The Morgan fingerprint density at radius 2 is 2.00 bits per heavy atom. The van der Waals surface area contributed by atoms with Crippen LogP contribution in [0.5, 0.6) is 0 Å². The Labute approximate surface area is 177 Å². The van der Waals surface area contributed by atoms with Gasteiger partial charge < -0.3 is 9.14 Å². The van der Waals surface area contributed by atoms with E-state index in [0.29, 0.717) is 6.42 Å². The van der Waals surface area contributed by atoms with Gasteiger partial charge in [0.15, 0.2) is 9.84 Å². The van der Waals surface area contributed by atoms with Crippen LogP contribution in [0, 0.1) is 12.7 Å². The number of hydrogen-bond acceptors (Lipinski definition) is 5. The summed E-state index contributed by atoms with van der Waals surface area (Å²) in [7, 11) is -3.42. The zero-order valence-corrected chi connectivity index (χ0v) is 18.4. The SMILES string of the molecule is CC(=O)OCCc1c(C)c(Sc2ccc(S(C)(=O)=O)c(Cl)c2)n2cc(F)ccc12. The molecule has 2 aromatic heterocycles. The van der Waals surface area contributed by atoms with Crippen molar-refractivity contribution < 1.29 is 22.3 Å². The van der Waals surface area contributed by atoms with Crippen molar-refractivity contribution in [1.82, 2.24) is 4.40 Å². The number of sulfone groups is 1. The number of carbonyl (C=O) groups is 1. The molecule has 1 aromatic carbocycles. The second kappa shape index (κ2) is 8.38. The Bertz CT molecular complexity index is 1200. The van der Waals surface area contributed by atoms with Crippen molar-refractivity contribution in [2.75, 3.05) is 12.9 Å². The fraction of sp³-hybridized carbons (Fsp3) is 0.250. The molecule has 0 amide bonds. The van der Waals surface area contributed by atoms with Gasteiger partial charge in [-0.3, -0.25) is 4.79 Å². The first-order chi connectivity index (χ1) is 13.6. The molecule has 3 aromatic rings. The number of hydrogen-bond donors (Lipinski definition) is 0. The van der Waals surface area contributed by atoms with Gasteiger partial charge in [0.05, 0.1) is 21.6 Å². The number of aromatic nitrogens is 1. The average Bonchev–Trinajstić information content (AvgIpc) is 2.85. The highest BCUT2D eigenvalue weighted by molar-refractivity contribution is 7.99. The molecular weight excluding hydrogens is 437 g/mol. The van der Waals surface area contributed by atoms with E-state index in [4.69, 9.17) is 16.3 Å². The quantitative estimate of drug-likeness (QED) is 0.504. The van der Waals surface area contributed by atoms with E-state index in [1.807, 2.05) is 6.92 Å². The monoisotopic (exact) mass is 455 g/mol. The molecule has 0 atom stereocenters. The molecule has 0 saturated carbocycles. The minimum Gasteiger partial charge on any atom is -0.466 e. The van der Waals surface area contributed by atoms with Gasteiger partial charge in [-0.2, -0.15) is 0 Å². The lowest BCUT2D eigenvalue weighted by Crippen LogP contribution is -2.03. The molecule has 5 nitrogen and oxygen atoms in total. The summed E-state index contributed by atoms with van der Waals surface area (Å²) in [6.07, 6.45) is 2.99. The summed E-state index contributed by atoms with van der Waals surface area (Å²) < 4.78 is 44.3. The lowest BCUT2D eigenvalue weighted by molar-refractivity contribution is -0.140. The molecule has 0 aliphatic rings. The molecule has 0 saturated heterocycles. The van der Waals surface area contributed by atoms with Crippen molar-refractivity contribution in [2.24, 2.45) is 0 Å². The minimum absolute atomic E-state index is 0.0633. The van der Waals surface area contributed by atoms with E-state index in [9.17, 15) is 17.6 Å². The van der Waals surface area contributed by atoms with E-state index in [2.05, 4.69) is 0 Å². The van der Waals surface area contributed by atoms with Crippen molar-refractivity contribution in [3.05, 3.63) is 58.5 Å². The summed E-state index contributed by atoms with van der Waals surface area (Å²) in [6, 6.07) is 7.79. The van der Waals surface area contributed by atoms with Gasteiger partial charge in [-0.1, -0.05) is 23.4 Å². The third-order valence-electron chi connectivity index (χ3n) is 4.39. The van der Waals surface area contributed by atoms with E-state index in [-0.39, 0.29) is 28.3 Å². The lowest BCUT2D eigenvalue weighted by Gasteiger charge is -2.07. The van der Waals surface area contributed by atoms with Crippen LogP contribution in [-0.2, 0) is 25.8 Å². The second-order valence-corrected chi connectivity index (χ2v) is 10.0. The zero-order valence-electron chi connectivity index (χ0n) is 16.0. The summed E-state index contributed by atoms with van der Waals surface area (Å²) >= 11 is 7.51. The minimum atomic E-state index is -3.42. The number of esters is 1. The van der Waals surface area contributed by atoms with Crippen LogP contribution < -0.4 is 0 Å². The van der Waals surface area contributed by atoms with E-state index in [1.54, 1.807) is 22.6 Å². The maximum absolute atomic E-state index is 13.9. The van der Waals surface area contributed by atoms with E-state index >= 15 is 0 Å². The maximum atomic E-state index is 13.9. The summed E-state index contributed by atoms with van der Waals surface area (Å²) in [5.41, 5.74) is 2.70. The molecule has 9 heteroatoms. The van der Waals surface area contributed by atoms with Gasteiger partial charge in [0.25, 0.3) is 0 Å². The van der Waals surface area contributed by atoms with Crippen molar-refractivity contribution in [3.8, 4) is 0 Å². The molecule has 0 aliphatic heterocycles. The Hall–Kier alpha value is -2.03. The molecule has 0 aliphatic carbocycles. The van der Waals surface area contributed by atoms with Gasteiger partial charge in [-0.15, -0.1) is 0 Å². The van der Waals surface area contributed by atoms with Gasteiger partial charge in [-0.05, 0) is 48.4 Å². The summed E-state index contributed by atoms with van der Waals surface area (Å²) in [5, 5.41) is 0.915.